The van der Waals surface area contributed by atoms with E-state index in [1.165, 1.54) is 0 Å². The highest BCUT2D eigenvalue weighted by Gasteiger charge is 2.44. The summed E-state index contributed by atoms with van der Waals surface area (Å²) in [6, 6.07) is 0. The molecule has 0 amide bonds. The predicted octanol–water partition coefficient (Wildman–Crippen LogP) is -1.59. The molecule has 3 rings (SSSR count). The van der Waals surface area contributed by atoms with Gasteiger partial charge in [0.25, 0.3) is 0 Å². The lowest BCUT2D eigenvalue weighted by atomic mass is 9.69. The van der Waals surface area contributed by atoms with E-state index in [9.17, 15) is 20.4 Å². The van der Waals surface area contributed by atoms with Gasteiger partial charge in [0, 0.05) is 19.1 Å². The highest BCUT2D eigenvalue weighted by Crippen LogP contribution is 2.37. The van der Waals surface area contributed by atoms with Crippen LogP contribution in [0.3, 0.4) is 0 Å². The number of aliphatic hydroxyl groups excluding tert-OH is 5. The number of aliphatic hydroxyl groups is 5. The Labute approximate surface area is 175 Å². The Hall–Kier alpha value is -1.18. The number of aromatic nitrogens is 3. The second kappa shape index (κ2) is 10.9. The second-order valence-electron chi connectivity index (χ2n) is 8.04. The minimum absolute atomic E-state index is 0.202. The van der Waals surface area contributed by atoms with Crippen LogP contribution in [0.2, 0.25) is 0 Å². The molecule has 8 atom stereocenters. The number of ether oxygens (including phenoxy) is 3. The third-order valence-corrected chi connectivity index (χ3v) is 5.97. The van der Waals surface area contributed by atoms with Crippen molar-refractivity contribution >= 4 is 0 Å². The van der Waals surface area contributed by atoms with Crippen molar-refractivity contribution in [3.63, 3.8) is 0 Å². The average molecular weight is 431 g/mol. The van der Waals surface area contributed by atoms with Crippen LogP contribution in [0.1, 0.15) is 31.9 Å². The molecule has 0 spiro atoms. The molecule has 8 unspecified atom stereocenters. The maximum Gasteiger partial charge on any atom is 0.186 e. The fourth-order valence-corrected chi connectivity index (χ4v) is 3.97. The van der Waals surface area contributed by atoms with Crippen LogP contribution in [0.25, 0.3) is 0 Å². The zero-order valence-corrected chi connectivity index (χ0v) is 17.2. The van der Waals surface area contributed by atoms with Crippen LogP contribution in [0, 0.1) is 11.8 Å². The molecule has 1 aliphatic heterocycles. The molecule has 1 aromatic heterocycles. The van der Waals surface area contributed by atoms with Gasteiger partial charge in [-0.3, -0.25) is 4.68 Å². The second-order valence-corrected chi connectivity index (χ2v) is 8.04. The van der Waals surface area contributed by atoms with Crippen molar-refractivity contribution in [1.82, 2.24) is 15.0 Å². The molecule has 2 heterocycles. The largest absolute Gasteiger partial charge is 0.394 e. The molecular formula is C19H33N3O8. The van der Waals surface area contributed by atoms with Crippen molar-refractivity contribution < 1.29 is 39.7 Å². The van der Waals surface area contributed by atoms with Gasteiger partial charge in [0.15, 0.2) is 6.29 Å². The molecule has 1 saturated carbocycles. The van der Waals surface area contributed by atoms with E-state index in [0.717, 1.165) is 12.8 Å². The standard InChI is InChI=1S/C19H33N3O8/c1-2-11-6-14(24)13(11)8-22-7-12(20-21-22)10-28-4-3-5-29-19-18(27)17(26)16(25)15(9-23)30-19/h7,11,13-19,23-27H,2-6,8-10H2,1H3. The molecule has 0 radical (unpaired) electrons. The first-order chi connectivity index (χ1) is 14.4. The van der Waals surface area contributed by atoms with E-state index in [-0.39, 0.29) is 18.6 Å². The van der Waals surface area contributed by atoms with Crippen LogP contribution in [0.5, 0.6) is 0 Å². The predicted molar refractivity (Wildman–Crippen MR) is 102 cm³/mol. The Morgan fingerprint density at radius 3 is 2.67 bits per heavy atom. The van der Waals surface area contributed by atoms with Crippen LogP contribution >= 0.6 is 0 Å². The monoisotopic (exact) mass is 431 g/mol. The summed E-state index contributed by atoms with van der Waals surface area (Å²) in [5, 5.41) is 56.6. The molecule has 1 aliphatic carbocycles. The zero-order valence-electron chi connectivity index (χ0n) is 17.2. The van der Waals surface area contributed by atoms with Gasteiger partial charge in [-0.2, -0.15) is 0 Å². The van der Waals surface area contributed by atoms with Gasteiger partial charge in [0.2, 0.25) is 0 Å². The topological polar surface area (TPSA) is 160 Å². The highest BCUT2D eigenvalue weighted by molar-refractivity contribution is 4.93. The lowest BCUT2D eigenvalue weighted by molar-refractivity contribution is -0.301. The Morgan fingerprint density at radius 1 is 1.17 bits per heavy atom. The molecule has 2 fully saturated rings. The number of hydrogen-bond acceptors (Lipinski definition) is 10. The van der Waals surface area contributed by atoms with Gasteiger partial charge < -0.3 is 39.7 Å². The summed E-state index contributed by atoms with van der Waals surface area (Å²) in [6.07, 6.45) is -2.39. The SMILES string of the molecule is CCC1CC(O)C1Cn1cc(COCCCOC2OC(CO)C(O)C(O)C2O)nn1. The maximum atomic E-state index is 9.91. The minimum Gasteiger partial charge on any atom is -0.394 e. The Kier molecular flexibility index (Phi) is 8.54. The summed E-state index contributed by atoms with van der Waals surface area (Å²) in [5.41, 5.74) is 0.701. The van der Waals surface area contributed by atoms with E-state index in [1.54, 1.807) is 4.68 Å². The molecule has 172 valence electrons. The van der Waals surface area contributed by atoms with Gasteiger partial charge in [0.05, 0.1) is 32.1 Å². The summed E-state index contributed by atoms with van der Waals surface area (Å²) in [4.78, 5) is 0. The first kappa shape index (κ1) is 23.5. The first-order valence-corrected chi connectivity index (χ1v) is 10.5. The zero-order chi connectivity index (χ0) is 21.7. The average Bonchev–Trinajstić information content (AvgIpc) is 3.20. The number of rotatable bonds is 11. The Morgan fingerprint density at radius 2 is 1.97 bits per heavy atom. The van der Waals surface area contributed by atoms with E-state index < -0.39 is 37.3 Å². The highest BCUT2D eigenvalue weighted by atomic mass is 16.7. The first-order valence-electron chi connectivity index (χ1n) is 10.5. The van der Waals surface area contributed by atoms with E-state index >= 15 is 0 Å². The summed E-state index contributed by atoms with van der Waals surface area (Å²) in [5.74, 6) is 0.762. The van der Waals surface area contributed by atoms with Crippen LogP contribution in [-0.2, 0) is 27.4 Å². The molecule has 30 heavy (non-hydrogen) atoms. The van der Waals surface area contributed by atoms with Crippen molar-refractivity contribution in [3.05, 3.63) is 11.9 Å². The number of nitrogens with zero attached hydrogens (tertiary/aromatic N) is 3. The molecule has 2 aliphatic rings. The Balaban J connectivity index is 1.31. The summed E-state index contributed by atoms with van der Waals surface area (Å²) in [6.45, 7) is 3.17. The van der Waals surface area contributed by atoms with Gasteiger partial charge in [-0.15, -0.1) is 5.10 Å². The van der Waals surface area contributed by atoms with Crippen LogP contribution in [0.15, 0.2) is 6.20 Å². The van der Waals surface area contributed by atoms with Crippen LogP contribution in [-0.4, -0.2) is 97.2 Å². The fourth-order valence-electron chi connectivity index (χ4n) is 3.97. The molecule has 0 aromatic carbocycles. The van der Waals surface area contributed by atoms with Crippen molar-refractivity contribution in [2.45, 2.75) is 76.1 Å². The molecule has 5 N–H and O–H groups in total. The normalized spacial score (nSPS) is 36.6. The van der Waals surface area contributed by atoms with Gasteiger partial charge in [-0.1, -0.05) is 18.6 Å². The van der Waals surface area contributed by atoms with E-state index in [1.807, 2.05) is 6.20 Å². The molecule has 0 bridgehead atoms. The summed E-state index contributed by atoms with van der Waals surface area (Å²) in [7, 11) is 0. The summed E-state index contributed by atoms with van der Waals surface area (Å²) >= 11 is 0. The van der Waals surface area contributed by atoms with Crippen molar-refractivity contribution in [3.8, 4) is 0 Å². The molecule has 11 nitrogen and oxygen atoms in total. The lowest BCUT2D eigenvalue weighted by Gasteiger charge is -2.41. The maximum absolute atomic E-state index is 9.91. The van der Waals surface area contributed by atoms with Crippen molar-refractivity contribution in [2.75, 3.05) is 19.8 Å². The lowest BCUT2D eigenvalue weighted by Crippen LogP contribution is -2.59. The Bertz CT molecular complexity index is 645. The van der Waals surface area contributed by atoms with Crippen LogP contribution < -0.4 is 0 Å². The van der Waals surface area contributed by atoms with E-state index in [0.29, 0.717) is 37.8 Å². The number of hydrogen-bond donors (Lipinski definition) is 5. The van der Waals surface area contributed by atoms with Gasteiger partial charge in [0.1, 0.15) is 30.1 Å². The van der Waals surface area contributed by atoms with Gasteiger partial charge in [-0.25, -0.2) is 0 Å². The van der Waals surface area contributed by atoms with E-state index in [2.05, 4.69) is 17.2 Å². The molecular weight excluding hydrogens is 398 g/mol. The smallest absolute Gasteiger partial charge is 0.186 e. The fraction of sp³-hybridized carbons (Fsp3) is 0.895. The third kappa shape index (κ3) is 5.54. The quantitative estimate of drug-likeness (QED) is 0.258. The van der Waals surface area contributed by atoms with Crippen molar-refractivity contribution in [1.29, 1.82) is 0 Å². The van der Waals surface area contributed by atoms with Gasteiger partial charge >= 0.3 is 0 Å². The summed E-state index contributed by atoms with van der Waals surface area (Å²) < 4.78 is 18.0. The van der Waals surface area contributed by atoms with Crippen LogP contribution in [0.4, 0.5) is 0 Å². The minimum atomic E-state index is -1.45. The van der Waals surface area contributed by atoms with Gasteiger partial charge in [-0.05, 0) is 18.8 Å². The van der Waals surface area contributed by atoms with E-state index in [4.69, 9.17) is 19.3 Å². The molecule has 1 saturated heterocycles. The van der Waals surface area contributed by atoms with Crippen molar-refractivity contribution in [2.24, 2.45) is 11.8 Å². The third-order valence-electron chi connectivity index (χ3n) is 5.97. The molecule has 1 aromatic rings. The molecule has 11 heteroatoms.